The molecule has 0 spiro atoms. The van der Waals surface area contributed by atoms with Crippen molar-refractivity contribution in [2.24, 2.45) is 4.99 Å². The van der Waals surface area contributed by atoms with Crippen molar-refractivity contribution >= 4 is 32.6 Å². The van der Waals surface area contributed by atoms with E-state index in [0.717, 1.165) is 36.0 Å². The lowest BCUT2D eigenvalue weighted by Crippen LogP contribution is -2.10. The maximum atomic E-state index is 13.5. The molecule has 3 heterocycles. The number of alkyl halides is 2. The molecule has 3 aromatic rings. The molecule has 10 heteroatoms. The Labute approximate surface area is 202 Å². The number of aryl methyl sites for hydroxylation is 2. The summed E-state index contributed by atoms with van der Waals surface area (Å²) < 4.78 is 52.1. The van der Waals surface area contributed by atoms with E-state index in [1.54, 1.807) is 24.4 Å². The molecule has 1 saturated carbocycles. The zero-order chi connectivity index (χ0) is 24.9. The van der Waals surface area contributed by atoms with Crippen LogP contribution in [0.1, 0.15) is 52.8 Å². The topological polar surface area (TPSA) is 97.2 Å². The summed E-state index contributed by atoms with van der Waals surface area (Å²) in [5, 5.41) is 3.16. The lowest BCUT2D eigenvalue weighted by atomic mass is 10.1. The summed E-state index contributed by atoms with van der Waals surface area (Å²) >= 11 is 0. The van der Waals surface area contributed by atoms with Crippen molar-refractivity contribution in [2.45, 2.75) is 56.8 Å². The first-order valence-electron chi connectivity index (χ1n) is 11.4. The van der Waals surface area contributed by atoms with Gasteiger partial charge in [-0.1, -0.05) is 6.07 Å². The molecule has 1 N–H and O–H groups in total. The number of halogens is 2. The minimum atomic E-state index is -3.54. The average Bonchev–Trinajstić information content (AvgIpc) is 3.54. The molecule has 182 valence electrons. The first-order valence-corrected chi connectivity index (χ1v) is 13.3. The van der Waals surface area contributed by atoms with E-state index in [4.69, 9.17) is 0 Å². The van der Waals surface area contributed by atoms with Crippen LogP contribution in [0, 0.1) is 13.8 Å². The van der Waals surface area contributed by atoms with Gasteiger partial charge in [0.1, 0.15) is 5.69 Å². The Balaban J connectivity index is 1.56. The van der Waals surface area contributed by atoms with E-state index in [9.17, 15) is 17.2 Å². The zero-order valence-corrected chi connectivity index (χ0v) is 20.5. The largest absolute Gasteiger partial charge is 0.353 e. The minimum absolute atomic E-state index is 0.0618. The summed E-state index contributed by atoms with van der Waals surface area (Å²) in [4.78, 5) is 17.8. The molecule has 1 fully saturated rings. The Morgan fingerprint density at radius 2 is 1.83 bits per heavy atom. The Kier molecular flexibility index (Phi) is 5.86. The van der Waals surface area contributed by atoms with Gasteiger partial charge in [0.2, 0.25) is 0 Å². The second-order valence-corrected chi connectivity index (χ2v) is 11.2. The molecule has 0 saturated heterocycles. The average molecular weight is 498 g/mol. The van der Waals surface area contributed by atoms with Crippen LogP contribution in [0.4, 0.5) is 25.8 Å². The van der Waals surface area contributed by atoms with Crippen LogP contribution in [0.25, 0.3) is 0 Å². The zero-order valence-electron chi connectivity index (χ0n) is 19.6. The fraction of sp³-hybridized carbons (Fsp3) is 0.360. The first-order chi connectivity index (χ1) is 16.6. The molecule has 35 heavy (non-hydrogen) atoms. The summed E-state index contributed by atoms with van der Waals surface area (Å²) in [6.07, 6.45) is 2.51. The van der Waals surface area contributed by atoms with Gasteiger partial charge < -0.3 is 5.32 Å². The summed E-state index contributed by atoms with van der Waals surface area (Å²) in [7, 11) is -3.54. The van der Waals surface area contributed by atoms with Crippen LogP contribution in [0.15, 0.2) is 40.4 Å². The Morgan fingerprint density at radius 1 is 1.06 bits per heavy atom. The number of nitrogens with zero attached hydrogens (tertiary/aromatic N) is 4. The molecule has 1 aromatic carbocycles. The summed E-state index contributed by atoms with van der Waals surface area (Å²) in [6, 6.07) is 7.07. The number of fused-ring (bicyclic) bond motifs is 1. The van der Waals surface area contributed by atoms with E-state index < -0.39 is 16.3 Å². The fourth-order valence-electron chi connectivity index (χ4n) is 4.19. The molecule has 7 nitrogen and oxygen atoms in total. The number of nitrogens with one attached hydrogen (secondary N) is 1. The molecule has 0 unspecified atom stereocenters. The summed E-state index contributed by atoms with van der Waals surface area (Å²) in [6.45, 7) is 3.74. The smallest absolute Gasteiger partial charge is 0.277 e. The number of rotatable bonds is 7. The number of benzene rings is 1. The highest BCUT2D eigenvalue weighted by atomic mass is 32.2. The Morgan fingerprint density at radius 3 is 2.49 bits per heavy atom. The van der Waals surface area contributed by atoms with Crippen LogP contribution in [0.3, 0.4) is 0 Å². The van der Waals surface area contributed by atoms with Crippen molar-refractivity contribution in [3.8, 4) is 0 Å². The van der Waals surface area contributed by atoms with Crippen LogP contribution in [-0.4, -0.2) is 41.8 Å². The van der Waals surface area contributed by atoms with Crippen LogP contribution < -0.4 is 5.32 Å². The van der Waals surface area contributed by atoms with Gasteiger partial charge in [-0.25, -0.2) is 22.2 Å². The molecule has 2 aliphatic rings. The number of sulfone groups is 1. The highest BCUT2D eigenvalue weighted by Crippen LogP contribution is 2.43. The molecular formula is C25H25F2N5O2S. The van der Waals surface area contributed by atoms with E-state index in [0.29, 0.717) is 46.5 Å². The number of pyridine rings is 1. The van der Waals surface area contributed by atoms with Gasteiger partial charge in [0.05, 0.1) is 44.8 Å². The predicted molar refractivity (Wildman–Crippen MR) is 130 cm³/mol. The second-order valence-electron chi connectivity index (χ2n) is 9.17. The van der Waals surface area contributed by atoms with Crippen molar-refractivity contribution < 1.29 is 17.2 Å². The molecule has 5 rings (SSSR count). The SMILES string of the molecule is Cc1ncc(Cc2cc(Nc3ccc(C4CC4)cc3S(C)(=O)=O)c3c(n2)CC(C(F)F)=N3)nc1C. The third kappa shape index (κ3) is 4.93. The van der Waals surface area contributed by atoms with Crippen molar-refractivity contribution in [1.82, 2.24) is 15.0 Å². The number of aromatic nitrogens is 3. The molecular weight excluding hydrogens is 472 g/mol. The number of hydrogen-bond acceptors (Lipinski definition) is 7. The summed E-state index contributed by atoms with van der Waals surface area (Å²) in [5.74, 6) is 0.388. The van der Waals surface area contributed by atoms with Gasteiger partial charge in [0.25, 0.3) is 6.43 Å². The molecule has 0 bridgehead atoms. The fourth-order valence-corrected chi connectivity index (χ4v) is 5.06. The maximum Gasteiger partial charge on any atom is 0.277 e. The van der Waals surface area contributed by atoms with E-state index >= 15 is 0 Å². The minimum Gasteiger partial charge on any atom is -0.353 e. The molecule has 0 amide bonds. The van der Waals surface area contributed by atoms with E-state index in [-0.39, 0.29) is 17.0 Å². The third-order valence-electron chi connectivity index (χ3n) is 6.30. The number of hydrogen-bond donors (Lipinski definition) is 1. The molecule has 0 atom stereocenters. The first kappa shape index (κ1) is 23.5. The standard InChI is InChI=1S/C25H25F2N5O2S/c1-13-14(2)29-18(12-28-13)9-17-10-20(24-21(30-17)11-22(32-24)25(26)27)31-19-7-6-16(15-4-5-15)8-23(19)35(3,33)34/h6-8,10,12,15,25H,4-5,9,11H2,1-3H3,(H,30,31). The predicted octanol–water partition coefficient (Wildman–Crippen LogP) is 5.00. The van der Waals surface area contributed by atoms with Gasteiger partial charge in [0.15, 0.2) is 9.84 Å². The Bertz CT molecular complexity index is 1470. The van der Waals surface area contributed by atoms with Gasteiger partial charge in [-0.2, -0.15) is 0 Å². The summed E-state index contributed by atoms with van der Waals surface area (Å²) in [5.41, 5.74) is 5.21. The quantitative estimate of drug-likeness (QED) is 0.494. The van der Waals surface area contributed by atoms with Gasteiger partial charge in [-0.05, 0) is 56.4 Å². The molecule has 1 aliphatic carbocycles. The van der Waals surface area contributed by atoms with Crippen molar-refractivity contribution in [3.05, 3.63) is 64.5 Å². The number of anilines is 2. The highest BCUT2D eigenvalue weighted by Gasteiger charge is 2.28. The van der Waals surface area contributed by atoms with Gasteiger partial charge >= 0.3 is 0 Å². The van der Waals surface area contributed by atoms with Crippen LogP contribution in [0.2, 0.25) is 0 Å². The lowest BCUT2D eigenvalue weighted by molar-refractivity contribution is 0.224. The highest BCUT2D eigenvalue weighted by molar-refractivity contribution is 7.90. The van der Waals surface area contributed by atoms with E-state index in [2.05, 4.69) is 25.3 Å². The van der Waals surface area contributed by atoms with E-state index in [1.807, 2.05) is 19.9 Å². The van der Waals surface area contributed by atoms with Crippen molar-refractivity contribution in [1.29, 1.82) is 0 Å². The van der Waals surface area contributed by atoms with Crippen LogP contribution >= 0.6 is 0 Å². The second kappa shape index (κ2) is 8.75. The van der Waals surface area contributed by atoms with Gasteiger partial charge in [0, 0.05) is 31.0 Å². The van der Waals surface area contributed by atoms with Crippen molar-refractivity contribution in [3.63, 3.8) is 0 Å². The number of aliphatic imine (C=N–C) groups is 1. The maximum absolute atomic E-state index is 13.5. The molecule has 2 aromatic heterocycles. The van der Waals surface area contributed by atoms with Crippen LogP contribution in [-0.2, 0) is 22.7 Å². The van der Waals surface area contributed by atoms with Crippen LogP contribution in [0.5, 0.6) is 0 Å². The van der Waals surface area contributed by atoms with Gasteiger partial charge in [-0.15, -0.1) is 0 Å². The molecule has 1 aliphatic heterocycles. The lowest BCUT2D eigenvalue weighted by Gasteiger charge is -2.16. The third-order valence-corrected chi connectivity index (χ3v) is 7.44. The van der Waals surface area contributed by atoms with Gasteiger partial charge in [-0.3, -0.25) is 15.0 Å². The Hall–Kier alpha value is -3.27. The monoisotopic (exact) mass is 497 g/mol. The van der Waals surface area contributed by atoms with E-state index in [1.165, 1.54) is 0 Å². The van der Waals surface area contributed by atoms with Crippen molar-refractivity contribution in [2.75, 3.05) is 11.6 Å². The molecule has 0 radical (unpaired) electrons. The normalized spacial score (nSPS) is 15.3.